The first-order valence-corrected chi connectivity index (χ1v) is 13.1. The molecule has 0 aliphatic rings. The van der Waals surface area contributed by atoms with Crippen molar-refractivity contribution >= 4 is 61.2 Å². The molecule has 0 saturated heterocycles. The van der Waals surface area contributed by atoms with E-state index in [1.807, 2.05) is 67.6 Å². The van der Waals surface area contributed by atoms with E-state index in [1.165, 1.54) is 23.1 Å². The molecule has 0 saturated carbocycles. The minimum absolute atomic E-state index is 0.0809. The number of rotatable bonds is 8. The van der Waals surface area contributed by atoms with Gasteiger partial charge >= 0.3 is 0 Å². The van der Waals surface area contributed by atoms with Crippen molar-refractivity contribution in [2.45, 2.75) is 18.4 Å². The molecular weight excluding hydrogens is 476 g/mol. The van der Waals surface area contributed by atoms with Crippen LogP contribution in [0, 0.1) is 6.92 Å². The number of para-hydroxylation sites is 2. The minimum atomic E-state index is -0.0868. The third-order valence-corrected chi connectivity index (χ3v) is 7.60. The Kier molecular flexibility index (Phi) is 6.83. The Morgan fingerprint density at radius 2 is 1.77 bits per heavy atom. The molecule has 3 aromatic carbocycles. The summed E-state index contributed by atoms with van der Waals surface area (Å²) >= 11 is 2.97. The van der Waals surface area contributed by atoms with Gasteiger partial charge in [-0.05, 0) is 37.3 Å². The van der Waals surface area contributed by atoms with Crippen molar-refractivity contribution in [3.05, 3.63) is 90.1 Å². The van der Waals surface area contributed by atoms with Crippen LogP contribution in [0.25, 0.3) is 21.1 Å². The van der Waals surface area contributed by atoms with Crippen LogP contribution in [0.15, 0.2) is 83.9 Å². The maximum absolute atomic E-state index is 12.6. The molecule has 0 fully saturated rings. The van der Waals surface area contributed by atoms with Gasteiger partial charge < -0.3 is 15.2 Å². The van der Waals surface area contributed by atoms with E-state index in [2.05, 4.69) is 38.5 Å². The lowest BCUT2D eigenvalue weighted by Crippen LogP contribution is -2.27. The molecule has 5 aromatic rings. The zero-order valence-electron chi connectivity index (χ0n) is 19.2. The van der Waals surface area contributed by atoms with Crippen LogP contribution in [-0.2, 0) is 11.3 Å². The van der Waals surface area contributed by atoms with Gasteiger partial charge in [-0.1, -0.05) is 59.4 Å². The van der Waals surface area contributed by atoms with Crippen molar-refractivity contribution in [1.82, 2.24) is 14.9 Å². The number of nitrogens with zero attached hydrogens (tertiary/aromatic N) is 2. The van der Waals surface area contributed by atoms with E-state index in [9.17, 15) is 9.59 Å². The zero-order chi connectivity index (χ0) is 24.2. The number of thioether (sulfide) groups is 1. The first kappa shape index (κ1) is 23.1. The molecule has 176 valence electrons. The Morgan fingerprint density at radius 3 is 2.60 bits per heavy atom. The van der Waals surface area contributed by atoms with Gasteiger partial charge in [-0.15, -0.1) is 11.8 Å². The molecule has 2 aromatic heterocycles. The quantitative estimate of drug-likeness (QED) is 0.267. The number of aryl methyl sites for hydroxylation is 1. The SMILES string of the molecule is Cc1ccc(C(=O)NCCn2cc(SCC(=O)Nc3nc4ccccc4s3)c3ccccc32)cc1. The molecule has 0 unspecified atom stereocenters. The van der Waals surface area contributed by atoms with Crippen LogP contribution in [0.3, 0.4) is 0 Å². The average molecular weight is 501 g/mol. The largest absolute Gasteiger partial charge is 0.350 e. The van der Waals surface area contributed by atoms with Gasteiger partial charge in [-0.25, -0.2) is 4.98 Å². The van der Waals surface area contributed by atoms with Crippen LogP contribution in [0.4, 0.5) is 5.13 Å². The Bertz CT molecular complexity index is 1470. The topological polar surface area (TPSA) is 76.0 Å². The zero-order valence-corrected chi connectivity index (χ0v) is 20.8. The second-order valence-electron chi connectivity index (χ2n) is 8.15. The van der Waals surface area contributed by atoms with Crippen molar-refractivity contribution in [3.8, 4) is 0 Å². The Hall–Kier alpha value is -3.62. The number of hydrogen-bond acceptors (Lipinski definition) is 5. The summed E-state index contributed by atoms with van der Waals surface area (Å²) in [6.07, 6.45) is 2.05. The van der Waals surface area contributed by atoms with Gasteiger partial charge in [-0.3, -0.25) is 9.59 Å². The highest BCUT2D eigenvalue weighted by Gasteiger charge is 2.13. The van der Waals surface area contributed by atoms with Crippen LogP contribution in [0.1, 0.15) is 15.9 Å². The third kappa shape index (κ3) is 5.39. The van der Waals surface area contributed by atoms with Crippen molar-refractivity contribution in [2.24, 2.45) is 0 Å². The number of carbonyl (C=O) groups excluding carboxylic acids is 2. The predicted molar refractivity (Wildman–Crippen MR) is 144 cm³/mol. The Morgan fingerprint density at radius 1 is 1.00 bits per heavy atom. The first-order chi connectivity index (χ1) is 17.1. The smallest absolute Gasteiger partial charge is 0.251 e. The fourth-order valence-corrected chi connectivity index (χ4v) is 5.60. The molecule has 35 heavy (non-hydrogen) atoms. The van der Waals surface area contributed by atoms with Gasteiger partial charge in [0, 0.05) is 40.6 Å². The van der Waals surface area contributed by atoms with Crippen molar-refractivity contribution in [2.75, 3.05) is 17.6 Å². The molecule has 2 amide bonds. The number of hydrogen-bond donors (Lipinski definition) is 2. The van der Waals surface area contributed by atoms with Crippen LogP contribution >= 0.6 is 23.1 Å². The lowest BCUT2D eigenvalue weighted by atomic mass is 10.1. The standard InChI is InChI=1S/C27H24N4O2S2/c1-18-10-12-19(13-11-18)26(33)28-14-15-31-16-24(20-6-2-4-8-22(20)31)34-17-25(32)30-27-29-21-7-3-5-9-23(21)35-27/h2-13,16H,14-15,17H2,1H3,(H,28,33)(H,29,30,32). The fourth-order valence-electron chi connectivity index (χ4n) is 3.83. The lowest BCUT2D eigenvalue weighted by Gasteiger charge is -2.08. The summed E-state index contributed by atoms with van der Waals surface area (Å²) < 4.78 is 3.17. The number of benzene rings is 3. The number of aromatic nitrogens is 2. The molecule has 0 bridgehead atoms. The van der Waals surface area contributed by atoms with Gasteiger partial charge in [0.15, 0.2) is 5.13 Å². The molecule has 2 heterocycles. The van der Waals surface area contributed by atoms with E-state index in [1.54, 1.807) is 0 Å². The summed E-state index contributed by atoms with van der Waals surface area (Å²) in [5.74, 6) is 0.118. The number of carbonyl (C=O) groups is 2. The number of amides is 2. The minimum Gasteiger partial charge on any atom is -0.350 e. The highest BCUT2D eigenvalue weighted by molar-refractivity contribution is 8.00. The second kappa shape index (κ2) is 10.3. The highest BCUT2D eigenvalue weighted by atomic mass is 32.2. The number of fused-ring (bicyclic) bond motifs is 2. The van der Waals surface area contributed by atoms with Crippen molar-refractivity contribution in [1.29, 1.82) is 0 Å². The first-order valence-electron chi connectivity index (χ1n) is 11.3. The normalized spacial score (nSPS) is 11.1. The van der Waals surface area contributed by atoms with E-state index < -0.39 is 0 Å². The predicted octanol–water partition coefficient (Wildman–Crippen LogP) is 5.72. The molecule has 0 radical (unpaired) electrons. The average Bonchev–Trinajstić information content (AvgIpc) is 3.44. The molecule has 5 rings (SSSR count). The van der Waals surface area contributed by atoms with Gasteiger partial charge in [0.2, 0.25) is 5.91 Å². The van der Waals surface area contributed by atoms with Crippen LogP contribution < -0.4 is 10.6 Å². The van der Waals surface area contributed by atoms with Gasteiger partial charge in [-0.2, -0.15) is 0 Å². The summed E-state index contributed by atoms with van der Waals surface area (Å²) in [6.45, 7) is 3.14. The summed E-state index contributed by atoms with van der Waals surface area (Å²) in [5.41, 5.74) is 3.74. The second-order valence-corrected chi connectivity index (χ2v) is 10.2. The lowest BCUT2D eigenvalue weighted by molar-refractivity contribution is -0.113. The third-order valence-electron chi connectivity index (χ3n) is 5.60. The molecule has 2 N–H and O–H groups in total. The van der Waals surface area contributed by atoms with E-state index in [0.29, 0.717) is 23.8 Å². The maximum atomic E-state index is 12.6. The highest BCUT2D eigenvalue weighted by Crippen LogP contribution is 2.30. The van der Waals surface area contributed by atoms with Gasteiger partial charge in [0.25, 0.3) is 5.91 Å². The summed E-state index contributed by atoms with van der Waals surface area (Å²) in [6, 6.07) is 23.5. The molecule has 0 aliphatic heterocycles. The van der Waals surface area contributed by atoms with Crippen LogP contribution in [0.5, 0.6) is 0 Å². The van der Waals surface area contributed by atoms with E-state index in [-0.39, 0.29) is 17.6 Å². The molecule has 0 atom stereocenters. The van der Waals surface area contributed by atoms with E-state index in [4.69, 9.17) is 0 Å². The van der Waals surface area contributed by atoms with Crippen molar-refractivity contribution in [3.63, 3.8) is 0 Å². The molecule has 0 aliphatic carbocycles. The van der Waals surface area contributed by atoms with Gasteiger partial charge in [0.05, 0.1) is 16.0 Å². The maximum Gasteiger partial charge on any atom is 0.251 e. The van der Waals surface area contributed by atoms with Crippen LogP contribution in [-0.4, -0.2) is 33.7 Å². The van der Waals surface area contributed by atoms with Gasteiger partial charge in [0.1, 0.15) is 0 Å². The molecule has 6 nitrogen and oxygen atoms in total. The molecular formula is C27H24N4O2S2. The summed E-state index contributed by atoms with van der Waals surface area (Å²) in [5, 5.41) is 7.62. The number of anilines is 1. The van der Waals surface area contributed by atoms with Crippen LogP contribution in [0.2, 0.25) is 0 Å². The molecule has 0 spiro atoms. The monoisotopic (exact) mass is 500 g/mol. The summed E-state index contributed by atoms with van der Waals surface area (Å²) in [7, 11) is 0. The molecule has 8 heteroatoms. The Labute approximate surface area is 211 Å². The number of thiazole rings is 1. The van der Waals surface area contributed by atoms with Crippen molar-refractivity contribution < 1.29 is 9.59 Å². The van der Waals surface area contributed by atoms with E-state index in [0.717, 1.165) is 31.6 Å². The Balaban J connectivity index is 1.21. The van der Waals surface area contributed by atoms with E-state index >= 15 is 0 Å². The summed E-state index contributed by atoms with van der Waals surface area (Å²) in [4.78, 5) is 30.5. The fraction of sp³-hybridized carbons (Fsp3) is 0.148. The number of nitrogens with one attached hydrogen (secondary N) is 2.